The molecule has 0 N–H and O–H groups in total. The molecular weight excluding hydrogens is 188 g/mol. The van der Waals surface area contributed by atoms with Crippen LogP contribution in [0.2, 0.25) is 0 Å². The molecule has 2 rings (SSSR count). The maximum absolute atomic E-state index is 6.26. The summed E-state index contributed by atoms with van der Waals surface area (Å²) in [6, 6.07) is 0. The van der Waals surface area contributed by atoms with E-state index in [1.807, 2.05) is 0 Å². The highest BCUT2D eigenvalue weighted by atomic mass is 16.7. The van der Waals surface area contributed by atoms with Crippen LogP contribution in [-0.4, -0.2) is 18.5 Å². The topological polar surface area (TPSA) is 18.5 Å². The monoisotopic (exact) mass is 212 g/mol. The van der Waals surface area contributed by atoms with E-state index in [0.717, 1.165) is 25.4 Å². The summed E-state index contributed by atoms with van der Waals surface area (Å²) in [6.45, 7) is 5.44. The predicted octanol–water partition coefficient (Wildman–Crippen LogP) is 3.50. The summed E-state index contributed by atoms with van der Waals surface area (Å²) >= 11 is 0. The second kappa shape index (κ2) is 4.84. The average molecular weight is 212 g/mol. The van der Waals surface area contributed by atoms with Crippen LogP contribution in [0.25, 0.3) is 0 Å². The van der Waals surface area contributed by atoms with Crippen molar-refractivity contribution in [2.75, 3.05) is 6.61 Å². The minimum absolute atomic E-state index is 0.175. The lowest BCUT2D eigenvalue weighted by atomic mass is 9.88. The molecule has 2 nitrogen and oxygen atoms in total. The van der Waals surface area contributed by atoms with Crippen molar-refractivity contribution in [3.05, 3.63) is 0 Å². The average Bonchev–Trinajstić information content (AvgIpc) is 2.68. The lowest BCUT2D eigenvalue weighted by molar-refractivity contribution is -0.267. The van der Waals surface area contributed by atoms with Gasteiger partial charge in [-0.25, -0.2) is 0 Å². The van der Waals surface area contributed by atoms with E-state index in [2.05, 4.69) is 13.8 Å². The normalized spacial score (nSPS) is 36.6. The van der Waals surface area contributed by atoms with Gasteiger partial charge in [0.1, 0.15) is 0 Å². The molecule has 0 saturated carbocycles. The predicted molar refractivity (Wildman–Crippen MR) is 60.7 cm³/mol. The Hall–Kier alpha value is -0.0800. The van der Waals surface area contributed by atoms with Gasteiger partial charge in [0.05, 0.1) is 12.7 Å². The highest BCUT2D eigenvalue weighted by Gasteiger charge is 2.42. The molecule has 1 spiro atoms. The van der Waals surface area contributed by atoms with Crippen molar-refractivity contribution in [2.24, 2.45) is 5.92 Å². The van der Waals surface area contributed by atoms with Crippen LogP contribution in [0.3, 0.4) is 0 Å². The fraction of sp³-hybridized carbons (Fsp3) is 1.00. The van der Waals surface area contributed by atoms with E-state index in [-0.39, 0.29) is 5.79 Å². The number of ether oxygens (including phenoxy) is 2. The van der Waals surface area contributed by atoms with E-state index in [4.69, 9.17) is 9.47 Å². The first-order chi connectivity index (χ1) is 7.29. The van der Waals surface area contributed by atoms with Gasteiger partial charge in [-0.15, -0.1) is 0 Å². The molecule has 88 valence electrons. The second-order valence-corrected chi connectivity index (χ2v) is 4.99. The summed E-state index contributed by atoms with van der Waals surface area (Å²) in [5.41, 5.74) is 0. The molecule has 0 amide bonds. The molecule has 2 heterocycles. The quantitative estimate of drug-likeness (QED) is 0.713. The van der Waals surface area contributed by atoms with Crippen LogP contribution in [0.15, 0.2) is 0 Å². The maximum Gasteiger partial charge on any atom is 0.168 e. The largest absolute Gasteiger partial charge is 0.350 e. The van der Waals surface area contributed by atoms with Crippen LogP contribution in [0.1, 0.15) is 58.8 Å². The molecule has 0 unspecified atom stereocenters. The van der Waals surface area contributed by atoms with Gasteiger partial charge >= 0.3 is 0 Å². The van der Waals surface area contributed by atoms with Gasteiger partial charge in [-0.3, -0.25) is 0 Å². The summed E-state index contributed by atoms with van der Waals surface area (Å²) in [4.78, 5) is 0. The van der Waals surface area contributed by atoms with E-state index < -0.39 is 0 Å². The Morgan fingerprint density at radius 2 is 1.93 bits per heavy atom. The van der Waals surface area contributed by atoms with Crippen molar-refractivity contribution in [1.82, 2.24) is 0 Å². The smallest absolute Gasteiger partial charge is 0.168 e. The van der Waals surface area contributed by atoms with E-state index in [1.54, 1.807) is 0 Å². The summed E-state index contributed by atoms with van der Waals surface area (Å²) < 4.78 is 12.1. The van der Waals surface area contributed by atoms with Gasteiger partial charge in [-0.2, -0.15) is 0 Å². The molecule has 0 bridgehead atoms. The molecule has 2 heteroatoms. The van der Waals surface area contributed by atoms with Crippen molar-refractivity contribution in [1.29, 1.82) is 0 Å². The van der Waals surface area contributed by atoms with Crippen LogP contribution >= 0.6 is 0 Å². The number of hydrogen-bond acceptors (Lipinski definition) is 2. The van der Waals surface area contributed by atoms with Crippen LogP contribution in [0.5, 0.6) is 0 Å². The molecule has 0 radical (unpaired) electrons. The molecule has 2 aliphatic rings. The number of rotatable bonds is 3. The fourth-order valence-electron chi connectivity index (χ4n) is 3.07. The first-order valence-electron chi connectivity index (χ1n) is 6.61. The van der Waals surface area contributed by atoms with Crippen LogP contribution < -0.4 is 0 Å². The summed E-state index contributed by atoms with van der Waals surface area (Å²) in [5, 5.41) is 0. The third kappa shape index (κ3) is 2.36. The van der Waals surface area contributed by atoms with Gasteiger partial charge in [0, 0.05) is 12.8 Å². The third-order valence-corrected chi connectivity index (χ3v) is 4.05. The van der Waals surface area contributed by atoms with Crippen LogP contribution in [-0.2, 0) is 9.47 Å². The van der Waals surface area contributed by atoms with E-state index in [1.165, 1.54) is 32.1 Å². The molecule has 2 fully saturated rings. The minimum Gasteiger partial charge on any atom is -0.350 e. The van der Waals surface area contributed by atoms with Gasteiger partial charge in [0.15, 0.2) is 5.79 Å². The van der Waals surface area contributed by atoms with Gasteiger partial charge in [0.25, 0.3) is 0 Å². The van der Waals surface area contributed by atoms with E-state index in [9.17, 15) is 0 Å². The molecular formula is C13H24O2. The Morgan fingerprint density at radius 1 is 1.20 bits per heavy atom. The summed E-state index contributed by atoms with van der Waals surface area (Å²) in [7, 11) is 0. The van der Waals surface area contributed by atoms with Crippen molar-refractivity contribution < 1.29 is 9.47 Å². The number of hydrogen-bond donors (Lipinski definition) is 0. The molecule has 15 heavy (non-hydrogen) atoms. The molecule has 0 aliphatic carbocycles. The molecule has 0 aromatic carbocycles. The zero-order valence-corrected chi connectivity index (χ0v) is 10.1. The zero-order valence-electron chi connectivity index (χ0n) is 10.1. The maximum atomic E-state index is 6.26. The SMILES string of the molecule is CCC(CC)[C@@H]1CCC[C@]2(CCCO2)O1. The van der Waals surface area contributed by atoms with Crippen molar-refractivity contribution in [3.8, 4) is 0 Å². The molecule has 0 aromatic heterocycles. The Bertz CT molecular complexity index is 193. The minimum atomic E-state index is -0.175. The molecule has 2 aliphatic heterocycles. The van der Waals surface area contributed by atoms with Crippen LogP contribution in [0.4, 0.5) is 0 Å². The van der Waals surface area contributed by atoms with Crippen molar-refractivity contribution in [3.63, 3.8) is 0 Å². The molecule has 2 saturated heterocycles. The lowest BCUT2D eigenvalue weighted by Gasteiger charge is -2.40. The molecule has 0 aromatic rings. The second-order valence-electron chi connectivity index (χ2n) is 4.99. The van der Waals surface area contributed by atoms with E-state index >= 15 is 0 Å². The Balaban J connectivity index is 1.96. The Kier molecular flexibility index (Phi) is 3.68. The highest BCUT2D eigenvalue weighted by molar-refractivity contribution is 4.84. The first-order valence-corrected chi connectivity index (χ1v) is 6.61. The molecule has 2 atom stereocenters. The fourth-order valence-corrected chi connectivity index (χ4v) is 3.07. The van der Waals surface area contributed by atoms with Gasteiger partial charge < -0.3 is 9.47 Å². The van der Waals surface area contributed by atoms with Gasteiger partial charge in [0.2, 0.25) is 0 Å². The first kappa shape index (κ1) is 11.4. The highest BCUT2D eigenvalue weighted by Crippen LogP contribution is 2.40. The Labute approximate surface area is 93.3 Å². The van der Waals surface area contributed by atoms with Gasteiger partial charge in [-0.05, 0) is 25.2 Å². The van der Waals surface area contributed by atoms with E-state index in [0.29, 0.717) is 6.10 Å². The van der Waals surface area contributed by atoms with Gasteiger partial charge in [-0.1, -0.05) is 26.7 Å². The lowest BCUT2D eigenvalue weighted by Crippen LogP contribution is -2.42. The zero-order chi connectivity index (χ0) is 10.7. The van der Waals surface area contributed by atoms with Crippen molar-refractivity contribution >= 4 is 0 Å². The third-order valence-electron chi connectivity index (χ3n) is 4.05. The van der Waals surface area contributed by atoms with Crippen LogP contribution in [0, 0.1) is 5.92 Å². The Morgan fingerprint density at radius 3 is 2.53 bits per heavy atom. The standard InChI is InChI=1S/C13H24O2/c1-3-11(4-2)12-7-5-8-13(15-12)9-6-10-14-13/h11-12H,3-10H2,1-2H3/t12-,13+/m0/s1. The van der Waals surface area contributed by atoms with Crippen molar-refractivity contribution in [2.45, 2.75) is 70.7 Å². The summed E-state index contributed by atoms with van der Waals surface area (Å²) in [6.07, 6.45) is 8.84. The summed E-state index contributed by atoms with van der Waals surface area (Å²) in [5.74, 6) is 0.553.